The van der Waals surface area contributed by atoms with Crippen molar-refractivity contribution in [3.8, 4) is 0 Å². The van der Waals surface area contributed by atoms with E-state index in [9.17, 15) is 4.79 Å². The SMILES string of the molecule is Cc1ccc(C)c(CC(=O)NC(C)(CBr)CBr)c1. The first-order valence-electron chi connectivity index (χ1n) is 5.89. The van der Waals surface area contributed by atoms with Crippen molar-refractivity contribution in [2.24, 2.45) is 0 Å². The first kappa shape index (κ1) is 15.7. The Morgan fingerprint density at radius 3 is 2.44 bits per heavy atom. The van der Waals surface area contributed by atoms with Crippen LogP contribution in [0, 0.1) is 13.8 Å². The Hall–Kier alpha value is -0.350. The summed E-state index contributed by atoms with van der Waals surface area (Å²) in [7, 11) is 0. The molecule has 100 valence electrons. The minimum Gasteiger partial charge on any atom is -0.349 e. The summed E-state index contributed by atoms with van der Waals surface area (Å²) < 4.78 is 0. The van der Waals surface area contributed by atoms with Crippen molar-refractivity contribution in [1.29, 1.82) is 0 Å². The third kappa shape index (κ3) is 4.39. The molecule has 1 aromatic carbocycles. The van der Waals surface area contributed by atoms with Crippen LogP contribution in [0.4, 0.5) is 0 Å². The van der Waals surface area contributed by atoms with Crippen molar-refractivity contribution >= 4 is 37.8 Å². The second-order valence-electron chi connectivity index (χ2n) is 4.98. The van der Waals surface area contributed by atoms with Gasteiger partial charge in [-0.3, -0.25) is 4.79 Å². The minimum absolute atomic E-state index is 0.0603. The van der Waals surface area contributed by atoms with Gasteiger partial charge in [0.2, 0.25) is 5.91 Å². The maximum absolute atomic E-state index is 12.1. The summed E-state index contributed by atoms with van der Waals surface area (Å²) in [6, 6.07) is 6.21. The number of benzene rings is 1. The van der Waals surface area contributed by atoms with Gasteiger partial charge < -0.3 is 5.32 Å². The lowest BCUT2D eigenvalue weighted by molar-refractivity contribution is -0.121. The molecule has 1 rings (SSSR count). The molecule has 0 atom stereocenters. The molecule has 0 fully saturated rings. The molecule has 0 aliphatic rings. The third-order valence-corrected chi connectivity index (χ3v) is 5.36. The van der Waals surface area contributed by atoms with E-state index in [-0.39, 0.29) is 11.4 Å². The minimum atomic E-state index is -0.241. The number of carbonyl (C=O) groups excluding carboxylic acids is 1. The molecule has 1 amide bonds. The van der Waals surface area contributed by atoms with E-state index in [1.165, 1.54) is 5.56 Å². The highest BCUT2D eigenvalue weighted by Gasteiger charge is 2.23. The van der Waals surface area contributed by atoms with Crippen molar-refractivity contribution < 1.29 is 4.79 Å². The zero-order chi connectivity index (χ0) is 13.8. The standard InChI is InChI=1S/C14H19Br2NO/c1-10-4-5-11(2)12(6-10)7-13(18)17-14(3,8-15)9-16/h4-6H,7-9H2,1-3H3,(H,17,18). The highest BCUT2D eigenvalue weighted by molar-refractivity contribution is 9.09. The molecule has 0 aliphatic carbocycles. The van der Waals surface area contributed by atoms with Crippen LogP contribution in [0.25, 0.3) is 0 Å². The van der Waals surface area contributed by atoms with Crippen LogP contribution in [0.5, 0.6) is 0 Å². The molecule has 0 aromatic heterocycles. The Kier molecular flexibility index (Phi) is 5.86. The van der Waals surface area contributed by atoms with Crippen molar-refractivity contribution in [3.05, 3.63) is 34.9 Å². The highest BCUT2D eigenvalue weighted by atomic mass is 79.9. The quantitative estimate of drug-likeness (QED) is 0.782. The van der Waals surface area contributed by atoms with Crippen LogP contribution in [-0.2, 0) is 11.2 Å². The number of aryl methyl sites for hydroxylation is 2. The molecule has 0 saturated heterocycles. The number of hydrogen-bond donors (Lipinski definition) is 1. The van der Waals surface area contributed by atoms with Gasteiger partial charge >= 0.3 is 0 Å². The monoisotopic (exact) mass is 375 g/mol. The van der Waals surface area contributed by atoms with Crippen LogP contribution in [0.15, 0.2) is 18.2 Å². The van der Waals surface area contributed by atoms with Crippen LogP contribution < -0.4 is 5.32 Å². The topological polar surface area (TPSA) is 29.1 Å². The number of nitrogens with one attached hydrogen (secondary N) is 1. The fourth-order valence-electron chi connectivity index (χ4n) is 1.65. The number of carbonyl (C=O) groups is 1. The summed E-state index contributed by atoms with van der Waals surface area (Å²) in [6.45, 7) is 6.09. The summed E-state index contributed by atoms with van der Waals surface area (Å²) in [5, 5.41) is 4.51. The summed E-state index contributed by atoms with van der Waals surface area (Å²) in [5.41, 5.74) is 3.20. The van der Waals surface area contributed by atoms with Gasteiger partial charge in [0.25, 0.3) is 0 Å². The van der Waals surface area contributed by atoms with Crippen LogP contribution >= 0.6 is 31.9 Å². The first-order chi connectivity index (χ1) is 8.40. The van der Waals surface area contributed by atoms with E-state index in [1.807, 2.05) is 20.8 Å². The fraction of sp³-hybridized carbons (Fsp3) is 0.500. The molecule has 0 aliphatic heterocycles. The number of alkyl halides is 2. The largest absolute Gasteiger partial charge is 0.349 e. The summed E-state index contributed by atoms with van der Waals surface area (Å²) >= 11 is 6.85. The van der Waals surface area contributed by atoms with Crippen molar-refractivity contribution in [2.75, 3.05) is 10.7 Å². The van der Waals surface area contributed by atoms with E-state index < -0.39 is 0 Å². The van der Waals surface area contributed by atoms with Crippen LogP contribution in [0.1, 0.15) is 23.6 Å². The van der Waals surface area contributed by atoms with Gasteiger partial charge in [-0.05, 0) is 31.9 Å². The fourth-order valence-corrected chi connectivity index (χ4v) is 2.86. The number of rotatable bonds is 5. The zero-order valence-electron chi connectivity index (χ0n) is 11.0. The summed E-state index contributed by atoms with van der Waals surface area (Å²) in [4.78, 5) is 12.1. The molecule has 0 spiro atoms. The molecule has 4 heteroatoms. The van der Waals surface area contributed by atoms with E-state index in [0.29, 0.717) is 6.42 Å². The molecule has 18 heavy (non-hydrogen) atoms. The Balaban J connectivity index is 2.73. The van der Waals surface area contributed by atoms with Crippen molar-refractivity contribution in [2.45, 2.75) is 32.7 Å². The molecule has 2 nitrogen and oxygen atoms in total. The molecular formula is C14H19Br2NO. The molecule has 0 bridgehead atoms. The zero-order valence-corrected chi connectivity index (χ0v) is 14.2. The third-order valence-electron chi connectivity index (χ3n) is 2.89. The highest BCUT2D eigenvalue weighted by Crippen LogP contribution is 2.14. The second-order valence-corrected chi connectivity index (χ2v) is 6.10. The normalized spacial score (nSPS) is 11.4. The molecule has 1 N–H and O–H groups in total. The molecule has 1 aromatic rings. The van der Waals surface area contributed by atoms with Gasteiger partial charge in [-0.1, -0.05) is 55.6 Å². The lowest BCUT2D eigenvalue weighted by atomic mass is 10.0. The number of hydrogen-bond acceptors (Lipinski definition) is 1. The van der Waals surface area contributed by atoms with E-state index in [4.69, 9.17) is 0 Å². The van der Waals surface area contributed by atoms with Gasteiger partial charge in [0.1, 0.15) is 0 Å². The van der Waals surface area contributed by atoms with Crippen LogP contribution in [-0.4, -0.2) is 22.1 Å². The molecule has 0 heterocycles. The average molecular weight is 377 g/mol. The lowest BCUT2D eigenvalue weighted by Gasteiger charge is -2.26. The number of halogens is 2. The Bertz CT molecular complexity index is 428. The van der Waals surface area contributed by atoms with Gasteiger partial charge in [0.15, 0.2) is 0 Å². The Labute approximate surface area is 126 Å². The first-order valence-corrected chi connectivity index (χ1v) is 8.13. The summed E-state index contributed by atoms with van der Waals surface area (Å²) in [6.07, 6.45) is 0.434. The Morgan fingerprint density at radius 1 is 1.28 bits per heavy atom. The Morgan fingerprint density at radius 2 is 1.89 bits per heavy atom. The predicted octanol–water partition coefficient (Wildman–Crippen LogP) is 3.51. The van der Waals surface area contributed by atoms with E-state index >= 15 is 0 Å². The van der Waals surface area contributed by atoms with E-state index in [1.54, 1.807) is 0 Å². The maximum Gasteiger partial charge on any atom is 0.224 e. The second kappa shape index (κ2) is 6.71. The van der Waals surface area contributed by atoms with Gasteiger partial charge in [0.05, 0.1) is 12.0 Å². The van der Waals surface area contributed by atoms with Gasteiger partial charge in [-0.2, -0.15) is 0 Å². The molecule has 0 unspecified atom stereocenters. The van der Waals surface area contributed by atoms with Gasteiger partial charge in [-0.25, -0.2) is 0 Å². The van der Waals surface area contributed by atoms with Crippen LogP contribution in [0.3, 0.4) is 0 Å². The van der Waals surface area contributed by atoms with Crippen molar-refractivity contribution in [1.82, 2.24) is 5.32 Å². The summed E-state index contributed by atoms with van der Waals surface area (Å²) in [5.74, 6) is 0.0603. The molecule has 0 saturated carbocycles. The lowest BCUT2D eigenvalue weighted by Crippen LogP contribution is -2.49. The van der Waals surface area contributed by atoms with Crippen LogP contribution in [0.2, 0.25) is 0 Å². The van der Waals surface area contributed by atoms with Crippen molar-refractivity contribution in [3.63, 3.8) is 0 Å². The van der Waals surface area contributed by atoms with Gasteiger partial charge in [0, 0.05) is 10.7 Å². The molecular weight excluding hydrogens is 358 g/mol. The average Bonchev–Trinajstić information content (AvgIpc) is 2.33. The van der Waals surface area contributed by atoms with E-state index in [0.717, 1.165) is 21.8 Å². The number of amides is 1. The predicted molar refractivity (Wildman–Crippen MR) is 83.8 cm³/mol. The smallest absolute Gasteiger partial charge is 0.224 e. The maximum atomic E-state index is 12.1. The molecule has 0 radical (unpaired) electrons. The van der Waals surface area contributed by atoms with E-state index in [2.05, 4.69) is 55.4 Å². The van der Waals surface area contributed by atoms with Gasteiger partial charge in [-0.15, -0.1) is 0 Å².